The molecule has 0 amide bonds. The van der Waals surface area contributed by atoms with Gasteiger partial charge >= 0.3 is 0 Å². The molecule has 0 unspecified atom stereocenters. The number of unbranched alkanes of at least 4 members (excludes halogenated alkanes) is 3. The Morgan fingerprint density at radius 1 is 1.27 bits per heavy atom. The Bertz CT molecular complexity index is 120. The first-order valence-corrected chi connectivity index (χ1v) is 4.65. The summed E-state index contributed by atoms with van der Waals surface area (Å²) in [5.41, 5.74) is 1.24. The van der Waals surface area contributed by atoms with Crippen LogP contribution in [0.2, 0.25) is 0 Å². The van der Waals surface area contributed by atoms with Crippen molar-refractivity contribution in [1.82, 2.24) is 0 Å². The molecule has 0 N–H and O–H groups in total. The molecule has 0 aromatic heterocycles. The molecule has 0 saturated heterocycles. The van der Waals surface area contributed by atoms with E-state index in [1.807, 2.05) is 0 Å². The lowest BCUT2D eigenvalue weighted by molar-refractivity contribution is 0.729. The molecule has 0 aromatic rings. The highest BCUT2D eigenvalue weighted by atomic mass is 13.9. The Hall–Kier alpha value is -0.520. The van der Waals surface area contributed by atoms with Gasteiger partial charge in [-0.3, -0.25) is 0 Å². The predicted octanol–water partition coefficient (Wildman–Crippen LogP) is 4.09. The third kappa shape index (κ3) is 7.38. The van der Waals surface area contributed by atoms with Crippen LogP contribution in [0.25, 0.3) is 0 Å². The Morgan fingerprint density at radius 3 is 2.55 bits per heavy atom. The summed E-state index contributed by atoms with van der Waals surface area (Å²) in [7, 11) is 0. The van der Waals surface area contributed by atoms with E-state index in [0.29, 0.717) is 0 Å². The summed E-state index contributed by atoms with van der Waals surface area (Å²) in [6.07, 6.45) is 10.7. The summed E-state index contributed by atoms with van der Waals surface area (Å²) in [4.78, 5) is 0. The molecule has 0 bridgehead atoms. The van der Waals surface area contributed by atoms with Gasteiger partial charge in [-0.05, 0) is 19.3 Å². The van der Waals surface area contributed by atoms with Gasteiger partial charge in [0.05, 0.1) is 0 Å². The predicted molar refractivity (Wildman–Crippen MR) is 52.7 cm³/mol. The largest absolute Gasteiger partial charge is 0.0959 e. The molecular formula is C11H20. The minimum Gasteiger partial charge on any atom is -0.0959 e. The van der Waals surface area contributed by atoms with Crippen molar-refractivity contribution >= 4 is 0 Å². The van der Waals surface area contributed by atoms with E-state index in [4.69, 9.17) is 0 Å². The monoisotopic (exact) mass is 152 g/mol. The first kappa shape index (κ1) is 10.5. The summed E-state index contributed by atoms with van der Waals surface area (Å²) in [6, 6.07) is 0. The smallest absolute Gasteiger partial charge is 0.0313 e. The van der Waals surface area contributed by atoms with E-state index in [0.717, 1.165) is 6.42 Å². The molecule has 0 saturated carbocycles. The molecule has 0 nitrogen and oxygen atoms in total. The highest BCUT2D eigenvalue weighted by Gasteiger charge is 1.83. The molecule has 0 heteroatoms. The van der Waals surface area contributed by atoms with Gasteiger partial charge < -0.3 is 0 Å². The van der Waals surface area contributed by atoms with E-state index in [1.54, 1.807) is 0 Å². The van der Waals surface area contributed by atoms with E-state index in [2.05, 4.69) is 32.6 Å². The third-order valence-corrected chi connectivity index (χ3v) is 1.78. The standard InChI is InChI=1S/C11H20/c1-4-6-7-8-9-10-11(3)5-2/h9-10H,3-8H2,1-2H3. The van der Waals surface area contributed by atoms with Crippen molar-refractivity contribution in [1.29, 1.82) is 0 Å². The molecule has 0 radical (unpaired) electrons. The van der Waals surface area contributed by atoms with Crippen LogP contribution in [0.4, 0.5) is 0 Å². The van der Waals surface area contributed by atoms with Crippen molar-refractivity contribution in [3.05, 3.63) is 24.3 Å². The molecule has 0 aliphatic rings. The quantitative estimate of drug-likeness (QED) is 0.397. The average molecular weight is 152 g/mol. The summed E-state index contributed by atoms with van der Waals surface area (Å²) in [6.45, 7) is 8.27. The fourth-order valence-electron chi connectivity index (χ4n) is 0.880. The van der Waals surface area contributed by atoms with Gasteiger partial charge in [-0.25, -0.2) is 0 Å². The normalized spacial score (nSPS) is 10.7. The minimum absolute atomic E-state index is 1.07. The average Bonchev–Trinajstić information content (AvgIpc) is 2.04. The van der Waals surface area contributed by atoms with Gasteiger partial charge in [-0.15, -0.1) is 0 Å². The lowest BCUT2D eigenvalue weighted by atomic mass is 10.1. The second kappa shape index (κ2) is 7.59. The Labute approximate surface area is 71.0 Å². The second-order valence-electron chi connectivity index (χ2n) is 2.91. The molecule has 0 aromatic carbocycles. The number of hydrogen-bond donors (Lipinski definition) is 0. The zero-order valence-electron chi connectivity index (χ0n) is 7.90. The van der Waals surface area contributed by atoms with Crippen molar-refractivity contribution < 1.29 is 0 Å². The molecule has 11 heavy (non-hydrogen) atoms. The van der Waals surface area contributed by atoms with Crippen LogP contribution in [0.15, 0.2) is 24.3 Å². The summed E-state index contributed by atoms with van der Waals surface area (Å²) in [5.74, 6) is 0. The Morgan fingerprint density at radius 2 is 2.00 bits per heavy atom. The SMILES string of the molecule is C=C(C=CCCCCC)CC. The van der Waals surface area contributed by atoms with Crippen molar-refractivity contribution in [2.45, 2.75) is 46.0 Å². The van der Waals surface area contributed by atoms with E-state index < -0.39 is 0 Å². The molecule has 0 heterocycles. The fraction of sp³-hybridized carbons (Fsp3) is 0.636. The minimum atomic E-state index is 1.07. The van der Waals surface area contributed by atoms with Crippen molar-refractivity contribution in [2.24, 2.45) is 0 Å². The van der Waals surface area contributed by atoms with Crippen LogP contribution in [0.5, 0.6) is 0 Å². The maximum Gasteiger partial charge on any atom is -0.0313 e. The van der Waals surface area contributed by atoms with Gasteiger partial charge in [-0.1, -0.05) is 51.0 Å². The molecule has 0 fully saturated rings. The fourth-order valence-corrected chi connectivity index (χ4v) is 0.880. The van der Waals surface area contributed by atoms with Crippen molar-refractivity contribution in [3.63, 3.8) is 0 Å². The van der Waals surface area contributed by atoms with Gasteiger partial charge in [0.2, 0.25) is 0 Å². The summed E-state index contributed by atoms with van der Waals surface area (Å²) in [5, 5.41) is 0. The first-order valence-electron chi connectivity index (χ1n) is 4.65. The van der Waals surface area contributed by atoms with E-state index in [1.165, 1.54) is 31.3 Å². The van der Waals surface area contributed by atoms with Crippen LogP contribution in [-0.4, -0.2) is 0 Å². The Balaban J connectivity index is 3.22. The van der Waals surface area contributed by atoms with E-state index >= 15 is 0 Å². The van der Waals surface area contributed by atoms with E-state index in [9.17, 15) is 0 Å². The number of rotatable bonds is 6. The van der Waals surface area contributed by atoms with Gasteiger partial charge in [0.25, 0.3) is 0 Å². The van der Waals surface area contributed by atoms with Crippen LogP contribution in [0.3, 0.4) is 0 Å². The number of allylic oxidation sites excluding steroid dienone is 3. The van der Waals surface area contributed by atoms with Crippen LogP contribution in [0, 0.1) is 0 Å². The molecular weight excluding hydrogens is 132 g/mol. The third-order valence-electron chi connectivity index (χ3n) is 1.78. The number of hydrogen-bond acceptors (Lipinski definition) is 0. The zero-order chi connectivity index (χ0) is 8.53. The lowest BCUT2D eigenvalue weighted by Gasteiger charge is -1.93. The zero-order valence-corrected chi connectivity index (χ0v) is 7.90. The lowest BCUT2D eigenvalue weighted by Crippen LogP contribution is -1.72. The molecule has 0 rings (SSSR count). The highest BCUT2D eigenvalue weighted by molar-refractivity contribution is 5.13. The summed E-state index contributed by atoms with van der Waals surface area (Å²) >= 11 is 0. The highest BCUT2D eigenvalue weighted by Crippen LogP contribution is 2.03. The maximum absolute atomic E-state index is 3.90. The first-order chi connectivity index (χ1) is 5.31. The van der Waals surface area contributed by atoms with E-state index in [-0.39, 0.29) is 0 Å². The van der Waals surface area contributed by atoms with Crippen LogP contribution in [0.1, 0.15) is 46.0 Å². The topological polar surface area (TPSA) is 0 Å². The van der Waals surface area contributed by atoms with Gasteiger partial charge in [0, 0.05) is 0 Å². The summed E-state index contributed by atoms with van der Waals surface area (Å²) < 4.78 is 0. The molecule has 0 spiro atoms. The van der Waals surface area contributed by atoms with Gasteiger partial charge in [0.15, 0.2) is 0 Å². The molecule has 0 atom stereocenters. The Kier molecular flexibility index (Phi) is 7.23. The molecule has 64 valence electrons. The van der Waals surface area contributed by atoms with Crippen LogP contribution in [-0.2, 0) is 0 Å². The van der Waals surface area contributed by atoms with Crippen molar-refractivity contribution in [3.8, 4) is 0 Å². The van der Waals surface area contributed by atoms with Crippen LogP contribution >= 0.6 is 0 Å². The second-order valence-corrected chi connectivity index (χ2v) is 2.91. The molecule has 0 aliphatic carbocycles. The van der Waals surface area contributed by atoms with Gasteiger partial charge in [0.1, 0.15) is 0 Å². The maximum atomic E-state index is 3.90. The van der Waals surface area contributed by atoms with Gasteiger partial charge in [-0.2, -0.15) is 0 Å². The van der Waals surface area contributed by atoms with Crippen LogP contribution < -0.4 is 0 Å². The molecule has 0 aliphatic heterocycles. The van der Waals surface area contributed by atoms with Crippen molar-refractivity contribution in [2.75, 3.05) is 0 Å².